The quantitative estimate of drug-likeness (QED) is 0.892. The largest absolute Gasteiger partial charge is 0.327 e. The van der Waals surface area contributed by atoms with Gasteiger partial charge in [0.05, 0.1) is 0 Å². The van der Waals surface area contributed by atoms with E-state index in [-0.39, 0.29) is 24.2 Å². The Morgan fingerprint density at radius 3 is 2.35 bits per heavy atom. The molecule has 0 saturated carbocycles. The van der Waals surface area contributed by atoms with Crippen molar-refractivity contribution < 1.29 is 13.2 Å². The summed E-state index contributed by atoms with van der Waals surface area (Å²) >= 11 is 3.17. The van der Waals surface area contributed by atoms with Crippen molar-refractivity contribution in [3.8, 4) is 0 Å². The second kappa shape index (κ2) is 6.41. The monoisotopic (exact) mass is 343 g/mol. The fourth-order valence-corrected chi connectivity index (χ4v) is 2.36. The van der Waals surface area contributed by atoms with Gasteiger partial charge in [-0.1, -0.05) is 34.1 Å². The number of nitrogens with two attached hydrogens (primary N) is 1. The van der Waals surface area contributed by atoms with Crippen LogP contribution in [0.4, 0.5) is 13.2 Å². The predicted octanol–water partition coefficient (Wildman–Crippen LogP) is 3.98. The zero-order valence-electron chi connectivity index (χ0n) is 10.5. The molecule has 2 aromatic carbocycles. The lowest BCUT2D eigenvalue weighted by molar-refractivity contribution is 0.491. The van der Waals surface area contributed by atoms with E-state index in [4.69, 9.17) is 5.73 Å². The van der Waals surface area contributed by atoms with E-state index in [1.54, 1.807) is 12.1 Å². The van der Waals surface area contributed by atoms with Gasteiger partial charge in [-0.3, -0.25) is 0 Å². The zero-order valence-corrected chi connectivity index (χ0v) is 12.1. The van der Waals surface area contributed by atoms with Gasteiger partial charge in [0.15, 0.2) is 11.6 Å². The van der Waals surface area contributed by atoms with Gasteiger partial charge in [-0.05, 0) is 42.2 Å². The van der Waals surface area contributed by atoms with Gasteiger partial charge < -0.3 is 5.73 Å². The van der Waals surface area contributed by atoms with Crippen LogP contribution in [0.15, 0.2) is 40.9 Å². The van der Waals surface area contributed by atoms with Crippen LogP contribution < -0.4 is 5.73 Å². The minimum absolute atomic E-state index is 0.152. The Balaban J connectivity index is 2.09. The molecule has 5 heteroatoms. The van der Waals surface area contributed by atoms with Crippen molar-refractivity contribution in [3.05, 3.63) is 69.4 Å². The van der Waals surface area contributed by atoms with E-state index < -0.39 is 17.7 Å². The number of halogens is 4. The van der Waals surface area contributed by atoms with Crippen LogP contribution in [-0.4, -0.2) is 6.04 Å². The maximum absolute atomic E-state index is 13.7. The highest BCUT2D eigenvalue weighted by Crippen LogP contribution is 2.18. The van der Waals surface area contributed by atoms with Crippen LogP contribution >= 0.6 is 15.9 Å². The third-order valence-corrected chi connectivity index (χ3v) is 3.50. The number of hydrogen-bond acceptors (Lipinski definition) is 1. The second-order valence-electron chi connectivity index (χ2n) is 4.62. The summed E-state index contributed by atoms with van der Waals surface area (Å²) in [5.41, 5.74) is 6.56. The molecule has 0 saturated heterocycles. The van der Waals surface area contributed by atoms with E-state index >= 15 is 0 Å². The number of rotatable bonds is 4. The lowest BCUT2D eigenvalue weighted by atomic mass is 9.99. The van der Waals surface area contributed by atoms with E-state index in [1.807, 2.05) is 0 Å². The molecule has 0 fully saturated rings. The van der Waals surface area contributed by atoms with Gasteiger partial charge in [-0.25, -0.2) is 13.2 Å². The molecule has 1 nitrogen and oxygen atoms in total. The number of hydrogen-bond donors (Lipinski definition) is 1. The van der Waals surface area contributed by atoms with Crippen LogP contribution in [0.2, 0.25) is 0 Å². The molecule has 0 heterocycles. The fraction of sp³-hybridized carbons (Fsp3) is 0.200. The van der Waals surface area contributed by atoms with Crippen molar-refractivity contribution in [2.24, 2.45) is 5.73 Å². The predicted molar refractivity (Wildman–Crippen MR) is 75.8 cm³/mol. The summed E-state index contributed by atoms with van der Waals surface area (Å²) < 4.78 is 40.9. The molecule has 0 spiro atoms. The summed E-state index contributed by atoms with van der Waals surface area (Å²) in [5, 5.41) is 0. The first-order valence-electron chi connectivity index (χ1n) is 6.09. The molecular weight excluding hydrogens is 331 g/mol. The van der Waals surface area contributed by atoms with E-state index in [9.17, 15) is 13.2 Å². The van der Waals surface area contributed by atoms with Gasteiger partial charge >= 0.3 is 0 Å². The zero-order chi connectivity index (χ0) is 14.7. The van der Waals surface area contributed by atoms with Gasteiger partial charge in [0.2, 0.25) is 0 Å². The average molecular weight is 344 g/mol. The summed E-state index contributed by atoms with van der Waals surface area (Å²) in [7, 11) is 0. The topological polar surface area (TPSA) is 26.0 Å². The molecule has 0 amide bonds. The third-order valence-electron chi connectivity index (χ3n) is 3.01. The normalized spacial score (nSPS) is 12.4. The molecule has 1 unspecified atom stereocenters. The fourth-order valence-electron chi connectivity index (χ4n) is 2.03. The van der Waals surface area contributed by atoms with Crippen molar-refractivity contribution in [1.29, 1.82) is 0 Å². The SMILES string of the molecule is NC(Cc1ccc(Br)cc1F)Cc1cccc(F)c1F. The Hall–Kier alpha value is -1.33. The lowest BCUT2D eigenvalue weighted by Gasteiger charge is -2.13. The molecule has 0 aliphatic heterocycles. The first-order chi connectivity index (χ1) is 9.47. The second-order valence-corrected chi connectivity index (χ2v) is 5.53. The van der Waals surface area contributed by atoms with Gasteiger partial charge in [-0.15, -0.1) is 0 Å². The van der Waals surface area contributed by atoms with Crippen molar-refractivity contribution in [2.75, 3.05) is 0 Å². The molecule has 2 aromatic rings. The summed E-state index contributed by atoms with van der Waals surface area (Å²) in [4.78, 5) is 0. The van der Waals surface area contributed by atoms with E-state index in [0.29, 0.717) is 10.0 Å². The molecule has 0 radical (unpaired) electrons. The minimum Gasteiger partial charge on any atom is -0.327 e. The molecule has 2 N–H and O–H groups in total. The Bertz CT molecular complexity index is 616. The van der Waals surface area contributed by atoms with Crippen LogP contribution in [0, 0.1) is 17.5 Å². The summed E-state index contributed by atoms with van der Waals surface area (Å²) in [5.74, 6) is -2.15. The van der Waals surface area contributed by atoms with E-state index in [2.05, 4.69) is 15.9 Å². The molecule has 0 bridgehead atoms. The van der Waals surface area contributed by atoms with Crippen molar-refractivity contribution in [3.63, 3.8) is 0 Å². The third kappa shape index (κ3) is 3.61. The highest BCUT2D eigenvalue weighted by molar-refractivity contribution is 9.10. The maximum Gasteiger partial charge on any atom is 0.162 e. The lowest BCUT2D eigenvalue weighted by Crippen LogP contribution is -2.26. The van der Waals surface area contributed by atoms with Crippen LogP contribution in [0.1, 0.15) is 11.1 Å². The molecule has 2 rings (SSSR count). The van der Waals surface area contributed by atoms with Crippen molar-refractivity contribution in [2.45, 2.75) is 18.9 Å². The molecule has 0 aromatic heterocycles. The smallest absolute Gasteiger partial charge is 0.162 e. The first-order valence-corrected chi connectivity index (χ1v) is 6.89. The summed E-state index contributed by atoms with van der Waals surface area (Å²) in [6.07, 6.45) is 0.411. The standard InChI is InChI=1S/C15H13BrF3N/c16-11-5-4-9(14(18)8-11)6-12(20)7-10-2-1-3-13(17)15(10)19/h1-5,8,12H,6-7,20H2. The molecule has 1 atom stereocenters. The van der Waals surface area contributed by atoms with Gasteiger partial charge in [0, 0.05) is 10.5 Å². The minimum atomic E-state index is -0.899. The Labute approximate surface area is 123 Å². The molecule has 0 aliphatic carbocycles. The highest BCUT2D eigenvalue weighted by atomic mass is 79.9. The number of benzene rings is 2. The Morgan fingerprint density at radius 1 is 0.950 bits per heavy atom. The van der Waals surface area contributed by atoms with E-state index in [0.717, 1.165) is 6.07 Å². The van der Waals surface area contributed by atoms with Crippen molar-refractivity contribution >= 4 is 15.9 Å². The van der Waals surface area contributed by atoms with E-state index in [1.165, 1.54) is 18.2 Å². The Morgan fingerprint density at radius 2 is 1.65 bits per heavy atom. The van der Waals surface area contributed by atoms with Crippen LogP contribution in [-0.2, 0) is 12.8 Å². The summed E-state index contributed by atoms with van der Waals surface area (Å²) in [6.45, 7) is 0. The van der Waals surface area contributed by atoms with Gasteiger partial charge in [0.1, 0.15) is 5.82 Å². The Kier molecular flexibility index (Phi) is 4.83. The van der Waals surface area contributed by atoms with Crippen LogP contribution in [0.3, 0.4) is 0 Å². The van der Waals surface area contributed by atoms with Gasteiger partial charge in [-0.2, -0.15) is 0 Å². The molecular formula is C15H13BrF3N. The summed E-state index contributed by atoms with van der Waals surface area (Å²) in [6, 6.07) is 8.18. The molecule has 0 aliphatic rings. The van der Waals surface area contributed by atoms with Gasteiger partial charge in [0.25, 0.3) is 0 Å². The van der Waals surface area contributed by atoms with Crippen molar-refractivity contribution in [1.82, 2.24) is 0 Å². The van der Waals surface area contributed by atoms with Crippen LogP contribution in [0.5, 0.6) is 0 Å². The highest BCUT2D eigenvalue weighted by Gasteiger charge is 2.13. The molecule has 20 heavy (non-hydrogen) atoms. The maximum atomic E-state index is 13.7. The molecule has 106 valence electrons. The first kappa shape index (κ1) is 15.1. The van der Waals surface area contributed by atoms with Crippen LogP contribution in [0.25, 0.3) is 0 Å². The average Bonchev–Trinajstić information content (AvgIpc) is 2.38.